The summed E-state index contributed by atoms with van der Waals surface area (Å²) in [5.74, 6) is 0.501. The molecule has 7 heteroatoms. The highest BCUT2D eigenvalue weighted by Crippen LogP contribution is 2.26. The number of halogens is 1. The summed E-state index contributed by atoms with van der Waals surface area (Å²) in [6, 6.07) is 6.85. The number of unbranched alkanes of at least 4 members (excludes halogenated alkanes) is 1. The van der Waals surface area contributed by atoms with Gasteiger partial charge in [-0.05, 0) is 49.1 Å². The van der Waals surface area contributed by atoms with E-state index in [0.29, 0.717) is 0 Å². The molecule has 2 N–H and O–H groups in total. The van der Waals surface area contributed by atoms with Crippen LogP contribution in [0.2, 0.25) is 0 Å². The van der Waals surface area contributed by atoms with Gasteiger partial charge in [0.25, 0.3) is 0 Å². The standard InChI is InChI=1S/C21H23FN6/c1-3-4-5-15-6-7-17(22)10-18(15)14(2)26-20-8-9-28-21(27-20)19(13-25-28)16-11-23-24-12-16/h6-14H,3-5H2,1-2H3,(H,23,24)(H,26,27). The van der Waals surface area contributed by atoms with Gasteiger partial charge in [0.1, 0.15) is 11.6 Å². The third-order valence-corrected chi connectivity index (χ3v) is 4.92. The second-order valence-electron chi connectivity index (χ2n) is 6.94. The van der Waals surface area contributed by atoms with Gasteiger partial charge in [0.15, 0.2) is 5.65 Å². The molecule has 1 unspecified atom stereocenters. The normalized spacial score (nSPS) is 12.4. The van der Waals surface area contributed by atoms with Gasteiger partial charge in [-0.1, -0.05) is 19.4 Å². The van der Waals surface area contributed by atoms with E-state index in [1.165, 1.54) is 11.6 Å². The van der Waals surface area contributed by atoms with Gasteiger partial charge in [0.2, 0.25) is 0 Å². The molecule has 28 heavy (non-hydrogen) atoms. The Hall–Kier alpha value is -3.22. The fraction of sp³-hybridized carbons (Fsp3) is 0.286. The number of hydrogen-bond donors (Lipinski definition) is 2. The molecule has 0 aliphatic carbocycles. The molecule has 4 rings (SSSR count). The fourth-order valence-corrected chi connectivity index (χ4v) is 3.41. The first-order valence-corrected chi connectivity index (χ1v) is 9.54. The zero-order valence-corrected chi connectivity index (χ0v) is 16.0. The number of hydrogen-bond acceptors (Lipinski definition) is 4. The molecule has 144 valence electrons. The maximum atomic E-state index is 13.9. The van der Waals surface area contributed by atoms with Crippen LogP contribution in [-0.4, -0.2) is 24.8 Å². The van der Waals surface area contributed by atoms with Crippen molar-refractivity contribution in [2.24, 2.45) is 0 Å². The van der Waals surface area contributed by atoms with E-state index in [-0.39, 0.29) is 11.9 Å². The van der Waals surface area contributed by atoms with Crippen LogP contribution in [-0.2, 0) is 6.42 Å². The predicted octanol–water partition coefficient (Wildman–Crippen LogP) is 4.77. The summed E-state index contributed by atoms with van der Waals surface area (Å²) >= 11 is 0. The number of anilines is 1. The van der Waals surface area contributed by atoms with Gasteiger partial charge >= 0.3 is 0 Å². The van der Waals surface area contributed by atoms with Gasteiger partial charge in [0, 0.05) is 23.5 Å². The highest BCUT2D eigenvalue weighted by molar-refractivity contribution is 5.76. The first-order chi connectivity index (χ1) is 13.7. The summed E-state index contributed by atoms with van der Waals surface area (Å²) in [5.41, 5.74) is 4.72. The first kappa shape index (κ1) is 18.2. The molecule has 0 radical (unpaired) electrons. The molecule has 3 heterocycles. The quantitative estimate of drug-likeness (QED) is 0.486. The summed E-state index contributed by atoms with van der Waals surface area (Å²) in [4.78, 5) is 4.72. The van der Waals surface area contributed by atoms with Crippen LogP contribution >= 0.6 is 0 Å². The predicted molar refractivity (Wildman–Crippen MR) is 108 cm³/mol. The van der Waals surface area contributed by atoms with Gasteiger partial charge in [-0.25, -0.2) is 13.9 Å². The molecular formula is C21H23FN6. The van der Waals surface area contributed by atoms with Crippen molar-refractivity contribution in [2.45, 2.75) is 39.2 Å². The molecule has 0 fully saturated rings. The van der Waals surface area contributed by atoms with E-state index >= 15 is 0 Å². The summed E-state index contributed by atoms with van der Waals surface area (Å²) in [6.45, 7) is 4.19. The van der Waals surface area contributed by atoms with E-state index in [2.05, 4.69) is 27.5 Å². The van der Waals surface area contributed by atoms with Gasteiger partial charge in [-0.3, -0.25) is 5.10 Å². The fourth-order valence-electron chi connectivity index (χ4n) is 3.41. The van der Waals surface area contributed by atoms with Gasteiger partial charge < -0.3 is 5.32 Å². The first-order valence-electron chi connectivity index (χ1n) is 9.54. The van der Waals surface area contributed by atoms with Crippen molar-refractivity contribution in [3.8, 4) is 11.1 Å². The molecule has 0 bridgehead atoms. The van der Waals surface area contributed by atoms with Crippen molar-refractivity contribution >= 4 is 11.5 Å². The lowest BCUT2D eigenvalue weighted by molar-refractivity contribution is 0.621. The smallest absolute Gasteiger partial charge is 0.165 e. The summed E-state index contributed by atoms with van der Waals surface area (Å²) < 4.78 is 15.6. The molecule has 6 nitrogen and oxygen atoms in total. The number of nitrogens with one attached hydrogen (secondary N) is 2. The minimum absolute atomic E-state index is 0.0715. The van der Waals surface area contributed by atoms with Gasteiger partial charge in [-0.2, -0.15) is 10.2 Å². The van der Waals surface area contributed by atoms with E-state index in [4.69, 9.17) is 4.98 Å². The lowest BCUT2D eigenvalue weighted by Gasteiger charge is -2.19. The second-order valence-corrected chi connectivity index (χ2v) is 6.94. The van der Waals surface area contributed by atoms with Crippen LogP contribution < -0.4 is 5.32 Å². The van der Waals surface area contributed by atoms with Crippen LogP contribution in [0.25, 0.3) is 16.8 Å². The van der Waals surface area contributed by atoms with E-state index < -0.39 is 0 Å². The molecule has 4 aromatic rings. The number of H-pyrrole nitrogens is 1. The largest absolute Gasteiger partial charge is 0.363 e. The zero-order chi connectivity index (χ0) is 19.5. The Kier molecular flexibility index (Phi) is 5.06. The number of aryl methyl sites for hydroxylation is 1. The summed E-state index contributed by atoms with van der Waals surface area (Å²) in [7, 11) is 0. The van der Waals surface area contributed by atoms with Crippen LogP contribution in [0.4, 0.5) is 10.2 Å². The Balaban J connectivity index is 1.63. The second kappa shape index (κ2) is 7.80. The number of aromatic amines is 1. The molecule has 0 saturated carbocycles. The Bertz CT molecular complexity index is 1070. The minimum atomic E-state index is -0.217. The number of nitrogens with zero attached hydrogens (tertiary/aromatic N) is 4. The molecular weight excluding hydrogens is 355 g/mol. The molecule has 0 saturated heterocycles. The van der Waals surface area contributed by atoms with Crippen LogP contribution in [0.1, 0.15) is 43.9 Å². The monoisotopic (exact) mass is 378 g/mol. The van der Waals surface area contributed by atoms with E-state index in [0.717, 1.165) is 47.4 Å². The van der Waals surface area contributed by atoms with Crippen molar-refractivity contribution in [2.75, 3.05) is 5.32 Å². The van der Waals surface area contributed by atoms with Crippen molar-refractivity contribution < 1.29 is 4.39 Å². The van der Waals surface area contributed by atoms with Crippen molar-refractivity contribution in [3.05, 3.63) is 66.0 Å². The number of aromatic nitrogens is 5. The lowest BCUT2D eigenvalue weighted by atomic mass is 9.97. The third kappa shape index (κ3) is 3.60. The molecule has 0 aliphatic heterocycles. The van der Waals surface area contributed by atoms with Crippen LogP contribution in [0, 0.1) is 5.82 Å². The van der Waals surface area contributed by atoms with E-state index in [1.807, 2.05) is 31.5 Å². The van der Waals surface area contributed by atoms with Gasteiger partial charge in [-0.15, -0.1) is 0 Å². The maximum absolute atomic E-state index is 13.9. The molecule has 1 atom stereocenters. The molecule has 0 spiro atoms. The summed E-state index contributed by atoms with van der Waals surface area (Å²) in [6.07, 6.45) is 10.3. The van der Waals surface area contributed by atoms with Gasteiger partial charge in [0.05, 0.1) is 18.4 Å². The highest BCUT2D eigenvalue weighted by atomic mass is 19.1. The Morgan fingerprint density at radius 2 is 2.14 bits per heavy atom. The van der Waals surface area contributed by atoms with Crippen molar-refractivity contribution in [1.82, 2.24) is 24.8 Å². The molecule has 0 amide bonds. The van der Waals surface area contributed by atoms with Crippen LogP contribution in [0.15, 0.2) is 49.1 Å². The third-order valence-electron chi connectivity index (χ3n) is 4.92. The Morgan fingerprint density at radius 3 is 2.93 bits per heavy atom. The van der Waals surface area contributed by atoms with Crippen molar-refractivity contribution in [3.63, 3.8) is 0 Å². The number of benzene rings is 1. The van der Waals surface area contributed by atoms with E-state index in [1.54, 1.807) is 23.0 Å². The summed E-state index contributed by atoms with van der Waals surface area (Å²) in [5, 5.41) is 14.6. The SMILES string of the molecule is CCCCc1ccc(F)cc1C(C)Nc1ccn2ncc(-c3cn[nH]c3)c2n1. The number of fused-ring (bicyclic) bond motifs is 1. The molecule has 3 aromatic heterocycles. The van der Waals surface area contributed by atoms with Crippen LogP contribution in [0.3, 0.4) is 0 Å². The van der Waals surface area contributed by atoms with Crippen LogP contribution in [0.5, 0.6) is 0 Å². The Morgan fingerprint density at radius 1 is 1.25 bits per heavy atom. The average Bonchev–Trinajstić information content (AvgIpc) is 3.36. The van der Waals surface area contributed by atoms with Crippen molar-refractivity contribution in [1.29, 1.82) is 0 Å². The molecule has 1 aromatic carbocycles. The zero-order valence-electron chi connectivity index (χ0n) is 16.0. The van der Waals surface area contributed by atoms with E-state index in [9.17, 15) is 4.39 Å². The topological polar surface area (TPSA) is 70.9 Å². The average molecular weight is 378 g/mol. The lowest BCUT2D eigenvalue weighted by Crippen LogP contribution is -2.11. The maximum Gasteiger partial charge on any atom is 0.165 e. The highest BCUT2D eigenvalue weighted by Gasteiger charge is 2.14. The number of rotatable bonds is 7. The Labute approximate surface area is 162 Å². The molecule has 0 aliphatic rings. The minimum Gasteiger partial charge on any atom is -0.363 e.